The third-order valence-corrected chi connectivity index (χ3v) is 5.12. The van der Waals surface area contributed by atoms with Gasteiger partial charge in [0.1, 0.15) is 11.4 Å². The zero-order valence-electron chi connectivity index (χ0n) is 15.4. The maximum atomic E-state index is 12.7. The summed E-state index contributed by atoms with van der Waals surface area (Å²) < 4.78 is 8.42. The van der Waals surface area contributed by atoms with Gasteiger partial charge < -0.3 is 14.5 Å². The number of nitrogens with one attached hydrogen (secondary N) is 1. The highest BCUT2D eigenvalue weighted by Gasteiger charge is 2.13. The minimum atomic E-state index is -0.181. The average molecular weight is 483 g/mol. The van der Waals surface area contributed by atoms with E-state index in [-0.39, 0.29) is 5.91 Å². The van der Waals surface area contributed by atoms with Gasteiger partial charge in [-0.2, -0.15) is 0 Å². The quantitative estimate of drug-likeness (QED) is 0.408. The molecule has 4 rings (SSSR count). The highest BCUT2D eigenvalue weighted by molar-refractivity contribution is 14.1. The van der Waals surface area contributed by atoms with Crippen LogP contribution in [0.25, 0.3) is 16.9 Å². The number of halogens is 1. The van der Waals surface area contributed by atoms with Gasteiger partial charge in [0, 0.05) is 27.1 Å². The number of nitrogens with zero attached hydrogens (tertiary/aromatic N) is 2. The van der Waals surface area contributed by atoms with Crippen LogP contribution >= 0.6 is 22.6 Å². The zero-order chi connectivity index (χ0) is 19.7. The van der Waals surface area contributed by atoms with E-state index in [0.717, 1.165) is 26.0 Å². The van der Waals surface area contributed by atoms with E-state index in [1.807, 2.05) is 72.2 Å². The summed E-state index contributed by atoms with van der Waals surface area (Å²) in [6, 6.07) is 17.2. The number of pyridine rings is 1. The Balaban J connectivity index is 1.69. The molecular weight excluding hydrogens is 465 g/mol. The Morgan fingerprint density at radius 1 is 1.14 bits per heavy atom. The van der Waals surface area contributed by atoms with Crippen LogP contribution in [0.4, 0.5) is 5.69 Å². The molecule has 0 fully saturated rings. The zero-order valence-corrected chi connectivity index (χ0v) is 17.6. The van der Waals surface area contributed by atoms with E-state index < -0.39 is 0 Å². The minimum absolute atomic E-state index is 0.181. The largest absolute Gasteiger partial charge is 0.495 e. The number of anilines is 1. The molecule has 4 aromatic rings. The minimum Gasteiger partial charge on any atom is -0.495 e. The number of imidazole rings is 1. The Morgan fingerprint density at radius 3 is 2.79 bits per heavy atom. The van der Waals surface area contributed by atoms with Gasteiger partial charge in [0.2, 0.25) is 0 Å². The molecule has 0 aliphatic rings. The first kappa shape index (κ1) is 18.5. The average Bonchev–Trinajstić information content (AvgIpc) is 3.11. The molecule has 0 saturated carbocycles. The standard InChI is InChI=1S/C22H18IN3O2/c1-14-8-9-26-13-19(24-21(26)10-14)15-6-7-20(28-2)18(12-15)25-22(27)16-4-3-5-17(23)11-16/h3-13H,1-2H3,(H,25,27). The summed E-state index contributed by atoms with van der Waals surface area (Å²) in [5.74, 6) is 0.418. The summed E-state index contributed by atoms with van der Waals surface area (Å²) in [5.41, 5.74) is 4.98. The number of benzene rings is 2. The molecule has 5 nitrogen and oxygen atoms in total. The van der Waals surface area contributed by atoms with Gasteiger partial charge in [-0.1, -0.05) is 6.07 Å². The predicted octanol–water partition coefficient (Wildman–Crippen LogP) is 5.18. The van der Waals surface area contributed by atoms with Crippen LogP contribution < -0.4 is 10.1 Å². The Bertz CT molecular complexity index is 1180. The number of methoxy groups -OCH3 is 1. The summed E-state index contributed by atoms with van der Waals surface area (Å²) in [6.07, 6.45) is 3.96. The van der Waals surface area contributed by atoms with Gasteiger partial charge >= 0.3 is 0 Å². The predicted molar refractivity (Wildman–Crippen MR) is 119 cm³/mol. The highest BCUT2D eigenvalue weighted by Crippen LogP contribution is 2.31. The van der Waals surface area contributed by atoms with Crippen LogP contribution in [0, 0.1) is 10.5 Å². The molecule has 2 aromatic carbocycles. The molecule has 0 aliphatic heterocycles. The van der Waals surface area contributed by atoms with Crippen molar-refractivity contribution >= 4 is 39.8 Å². The molecule has 0 atom stereocenters. The van der Waals surface area contributed by atoms with Crippen molar-refractivity contribution in [2.24, 2.45) is 0 Å². The van der Waals surface area contributed by atoms with Gasteiger partial charge in [-0.25, -0.2) is 4.98 Å². The summed E-state index contributed by atoms with van der Waals surface area (Å²) in [6.45, 7) is 2.04. The number of rotatable bonds is 4. The fourth-order valence-corrected chi connectivity index (χ4v) is 3.56. The molecule has 0 spiro atoms. The van der Waals surface area contributed by atoms with Crippen molar-refractivity contribution in [3.63, 3.8) is 0 Å². The molecule has 2 heterocycles. The van der Waals surface area contributed by atoms with Crippen molar-refractivity contribution in [1.82, 2.24) is 9.38 Å². The Labute approximate surface area is 176 Å². The summed E-state index contributed by atoms with van der Waals surface area (Å²) in [7, 11) is 1.59. The number of fused-ring (bicyclic) bond motifs is 1. The number of carbonyl (C=O) groups excluding carboxylic acids is 1. The molecule has 2 aromatic heterocycles. The smallest absolute Gasteiger partial charge is 0.255 e. The van der Waals surface area contributed by atoms with Crippen molar-refractivity contribution < 1.29 is 9.53 Å². The fraction of sp³-hybridized carbons (Fsp3) is 0.0909. The molecule has 0 aliphatic carbocycles. The van der Waals surface area contributed by atoms with Gasteiger partial charge in [-0.05, 0) is 83.6 Å². The molecule has 28 heavy (non-hydrogen) atoms. The van der Waals surface area contributed by atoms with Gasteiger partial charge in [-0.3, -0.25) is 4.79 Å². The highest BCUT2D eigenvalue weighted by atomic mass is 127. The lowest BCUT2D eigenvalue weighted by molar-refractivity contribution is 0.102. The second kappa shape index (κ2) is 7.63. The van der Waals surface area contributed by atoms with Crippen LogP contribution in [0.2, 0.25) is 0 Å². The van der Waals surface area contributed by atoms with Gasteiger partial charge in [0.05, 0.1) is 18.5 Å². The van der Waals surface area contributed by atoms with Crippen molar-refractivity contribution in [2.45, 2.75) is 6.92 Å². The van der Waals surface area contributed by atoms with Crippen LogP contribution in [0.1, 0.15) is 15.9 Å². The van der Waals surface area contributed by atoms with E-state index in [1.165, 1.54) is 0 Å². The number of amides is 1. The fourth-order valence-electron chi connectivity index (χ4n) is 3.01. The molecule has 1 amide bonds. The van der Waals surface area contributed by atoms with Crippen LogP contribution in [0.5, 0.6) is 5.75 Å². The molecule has 0 unspecified atom stereocenters. The molecule has 0 bridgehead atoms. The van der Waals surface area contributed by atoms with Crippen molar-refractivity contribution in [1.29, 1.82) is 0 Å². The van der Waals surface area contributed by atoms with E-state index in [2.05, 4.69) is 27.9 Å². The first-order valence-corrected chi connectivity index (χ1v) is 9.82. The van der Waals surface area contributed by atoms with Crippen LogP contribution in [0.3, 0.4) is 0 Å². The number of hydrogen-bond acceptors (Lipinski definition) is 3. The van der Waals surface area contributed by atoms with Crippen LogP contribution in [0.15, 0.2) is 67.0 Å². The second-order valence-corrected chi connectivity index (χ2v) is 7.72. The number of ether oxygens (including phenoxy) is 1. The third-order valence-electron chi connectivity index (χ3n) is 4.45. The molecule has 1 N–H and O–H groups in total. The van der Waals surface area contributed by atoms with Crippen LogP contribution in [-0.4, -0.2) is 22.4 Å². The van der Waals surface area contributed by atoms with Gasteiger partial charge in [0.15, 0.2) is 0 Å². The van der Waals surface area contributed by atoms with Crippen LogP contribution in [-0.2, 0) is 0 Å². The summed E-state index contributed by atoms with van der Waals surface area (Å²) in [5, 5.41) is 2.96. The third kappa shape index (κ3) is 3.73. The van der Waals surface area contributed by atoms with Crippen molar-refractivity contribution in [3.05, 3.63) is 81.7 Å². The lowest BCUT2D eigenvalue weighted by Gasteiger charge is -2.12. The van der Waals surface area contributed by atoms with E-state index in [4.69, 9.17) is 9.72 Å². The van der Waals surface area contributed by atoms with Crippen molar-refractivity contribution in [3.8, 4) is 17.0 Å². The molecule has 140 valence electrons. The monoisotopic (exact) mass is 483 g/mol. The number of aromatic nitrogens is 2. The first-order chi connectivity index (χ1) is 13.5. The van der Waals surface area contributed by atoms with Gasteiger partial charge in [0.25, 0.3) is 5.91 Å². The van der Waals surface area contributed by atoms with E-state index >= 15 is 0 Å². The lowest BCUT2D eigenvalue weighted by atomic mass is 10.1. The maximum Gasteiger partial charge on any atom is 0.255 e. The van der Waals surface area contributed by atoms with Crippen molar-refractivity contribution in [2.75, 3.05) is 12.4 Å². The second-order valence-electron chi connectivity index (χ2n) is 6.48. The number of aryl methyl sites for hydroxylation is 1. The molecule has 0 radical (unpaired) electrons. The SMILES string of the molecule is COc1ccc(-c2cn3ccc(C)cc3n2)cc1NC(=O)c1cccc(I)c1. The van der Waals surface area contributed by atoms with E-state index in [1.54, 1.807) is 13.2 Å². The molecule has 6 heteroatoms. The number of carbonyl (C=O) groups is 1. The molecule has 0 saturated heterocycles. The Morgan fingerprint density at radius 2 is 2.00 bits per heavy atom. The van der Waals surface area contributed by atoms with E-state index in [0.29, 0.717) is 17.0 Å². The Hall–Kier alpha value is -2.87. The van der Waals surface area contributed by atoms with Gasteiger partial charge in [-0.15, -0.1) is 0 Å². The Kier molecular flexibility index (Phi) is 5.04. The summed E-state index contributed by atoms with van der Waals surface area (Å²) in [4.78, 5) is 17.4. The lowest BCUT2D eigenvalue weighted by Crippen LogP contribution is -2.12. The maximum absolute atomic E-state index is 12.7. The number of hydrogen-bond donors (Lipinski definition) is 1. The normalized spacial score (nSPS) is 10.8. The topological polar surface area (TPSA) is 55.6 Å². The van der Waals surface area contributed by atoms with E-state index in [9.17, 15) is 4.79 Å². The molecular formula is C22H18IN3O2. The summed E-state index contributed by atoms with van der Waals surface area (Å²) >= 11 is 2.19. The first-order valence-electron chi connectivity index (χ1n) is 8.74.